The molecule has 0 aliphatic rings. The summed E-state index contributed by atoms with van der Waals surface area (Å²) in [6.07, 6.45) is 0. The normalized spacial score (nSPS) is 10.4. The zero-order valence-corrected chi connectivity index (χ0v) is 12.3. The van der Waals surface area contributed by atoms with Crippen LogP contribution in [-0.2, 0) is 6.61 Å². The lowest BCUT2D eigenvalue weighted by atomic mass is 10.1. The van der Waals surface area contributed by atoms with Crippen LogP contribution in [0.15, 0.2) is 24.3 Å². The van der Waals surface area contributed by atoms with Crippen molar-refractivity contribution in [2.24, 2.45) is 0 Å². The van der Waals surface area contributed by atoms with Gasteiger partial charge >= 0.3 is 6.03 Å². The van der Waals surface area contributed by atoms with Gasteiger partial charge in [0.05, 0.1) is 12.3 Å². The standard InChI is InChI=1S/C13H9Cl2F2N3O2/c14-11-3-7(4-12(15)20-11)18-13(22)19-10-2-6(16)1-9(17)8(10)5-21/h1-4,21H,5H2,(H2,18,19,20,22). The van der Waals surface area contributed by atoms with Gasteiger partial charge in [0.2, 0.25) is 0 Å². The van der Waals surface area contributed by atoms with Crippen molar-refractivity contribution in [3.63, 3.8) is 0 Å². The van der Waals surface area contributed by atoms with Crippen LogP contribution < -0.4 is 10.6 Å². The number of aromatic nitrogens is 1. The molecule has 0 spiro atoms. The number of nitrogens with zero attached hydrogens (tertiary/aromatic N) is 1. The van der Waals surface area contributed by atoms with E-state index in [-0.39, 0.29) is 27.2 Å². The first-order valence-corrected chi connectivity index (χ1v) is 6.64. The molecule has 0 radical (unpaired) electrons. The molecule has 2 amide bonds. The van der Waals surface area contributed by atoms with E-state index in [1.807, 2.05) is 0 Å². The molecule has 0 atom stereocenters. The largest absolute Gasteiger partial charge is 0.391 e. The maximum absolute atomic E-state index is 13.5. The van der Waals surface area contributed by atoms with E-state index >= 15 is 0 Å². The van der Waals surface area contributed by atoms with Crippen LogP contribution in [0.3, 0.4) is 0 Å². The van der Waals surface area contributed by atoms with Crippen molar-refractivity contribution in [3.05, 3.63) is 51.8 Å². The minimum absolute atomic E-state index is 0.0654. The Morgan fingerprint density at radius 1 is 1.14 bits per heavy atom. The van der Waals surface area contributed by atoms with E-state index in [2.05, 4.69) is 15.6 Å². The van der Waals surface area contributed by atoms with Gasteiger partial charge in [0.1, 0.15) is 21.9 Å². The topological polar surface area (TPSA) is 74.2 Å². The van der Waals surface area contributed by atoms with Gasteiger partial charge in [-0.3, -0.25) is 0 Å². The number of hydrogen-bond donors (Lipinski definition) is 3. The maximum Gasteiger partial charge on any atom is 0.323 e. The Kier molecular flexibility index (Phi) is 5.12. The molecule has 0 bridgehead atoms. The summed E-state index contributed by atoms with van der Waals surface area (Å²) >= 11 is 11.4. The van der Waals surface area contributed by atoms with Crippen molar-refractivity contribution in [1.82, 2.24) is 4.98 Å². The molecule has 22 heavy (non-hydrogen) atoms. The van der Waals surface area contributed by atoms with Crippen molar-refractivity contribution in [2.45, 2.75) is 6.61 Å². The van der Waals surface area contributed by atoms with Gasteiger partial charge in [-0.15, -0.1) is 0 Å². The fourth-order valence-electron chi connectivity index (χ4n) is 1.70. The second-order valence-corrected chi connectivity index (χ2v) is 4.93. The minimum Gasteiger partial charge on any atom is -0.391 e. The Labute approximate surface area is 133 Å². The molecule has 0 aliphatic carbocycles. The van der Waals surface area contributed by atoms with Crippen LogP contribution in [-0.4, -0.2) is 16.1 Å². The SMILES string of the molecule is O=C(Nc1cc(Cl)nc(Cl)c1)Nc1cc(F)cc(F)c1CO. The number of halogens is 4. The lowest BCUT2D eigenvalue weighted by Gasteiger charge is -2.12. The number of nitrogens with one attached hydrogen (secondary N) is 2. The summed E-state index contributed by atoms with van der Waals surface area (Å²) in [6, 6.07) is 3.38. The van der Waals surface area contributed by atoms with Gasteiger partial charge in [0.15, 0.2) is 0 Å². The van der Waals surface area contributed by atoms with Crippen molar-refractivity contribution in [2.75, 3.05) is 10.6 Å². The zero-order chi connectivity index (χ0) is 16.3. The first-order valence-electron chi connectivity index (χ1n) is 5.89. The molecule has 9 heteroatoms. The van der Waals surface area contributed by atoms with Gasteiger partial charge in [-0.1, -0.05) is 23.2 Å². The van der Waals surface area contributed by atoms with Crippen LogP contribution in [0.1, 0.15) is 5.56 Å². The van der Waals surface area contributed by atoms with E-state index in [0.29, 0.717) is 6.07 Å². The average molecular weight is 348 g/mol. The molecule has 2 aromatic rings. The Bertz CT molecular complexity index is 708. The van der Waals surface area contributed by atoms with E-state index < -0.39 is 24.3 Å². The predicted molar refractivity (Wildman–Crippen MR) is 79.2 cm³/mol. The minimum atomic E-state index is -0.965. The summed E-state index contributed by atoms with van der Waals surface area (Å²) < 4.78 is 26.7. The summed E-state index contributed by atoms with van der Waals surface area (Å²) in [7, 11) is 0. The quantitative estimate of drug-likeness (QED) is 0.739. The number of carbonyl (C=O) groups is 1. The van der Waals surface area contributed by atoms with Crippen molar-refractivity contribution in [1.29, 1.82) is 0 Å². The van der Waals surface area contributed by atoms with Gasteiger partial charge in [0, 0.05) is 17.3 Å². The smallest absolute Gasteiger partial charge is 0.323 e. The number of rotatable bonds is 3. The fraction of sp³-hybridized carbons (Fsp3) is 0.0769. The summed E-state index contributed by atoms with van der Waals surface area (Å²) in [5, 5.41) is 13.8. The molecule has 2 rings (SSSR count). The Balaban J connectivity index is 2.19. The number of carbonyl (C=O) groups excluding carboxylic acids is 1. The third-order valence-electron chi connectivity index (χ3n) is 2.59. The van der Waals surface area contributed by atoms with Crippen LogP contribution in [0.4, 0.5) is 25.0 Å². The third kappa shape index (κ3) is 4.03. The highest BCUT2D eigenvalue weighted by Gasteiger charge is 2.13. The van der Waals surface area contributed by atoms with Gasteiger partial charge in [-0.25, -0.2) is 18.6 Å². The summed E-state index contributed by atoms with van der Waals surface area (Å²) in [5.41, 5.74) is -0.184. The molecule has 3 N–H and O–H groups in total. The predicted octanol–water partition coefficient (Wildman–Crippen LogP) is 3.80. The van der Waals surface area contributed by atoms with Gasteiger partial charge < -0.3 is 15.7 Å². The first-order chi connectivity index (χ1) is 10.4. The van der Waals surface area contributed by atoms with E-state index in [0.717, 1.165) is 6.07 Å². The molecule has 5 nitrogen and oxygen atoms in total. The highest BCUT2D eigenvalue weighted by atomic mass is 35.5. The number of aliphatic hydroxyl groups excluding tert-OH is 1. The fourth-order valence-corrected chi connectivity index (χ4v) is 2.16. The van der Waals surface area contributed by atoms with Crippen LogP contribution in [0, 0.1) is 11.6 Å². The number of hydrogen-bond acceptors (Lipinski definition) is 3. The number of anilines is 2. The van der Waals surface area contributed by atoms with E-state index in [1.54, 1.807) is 0 Å². The van der Waals surface area contributed by atoms with Gasteiger partial charge in [-0.05, 0) is 18.2 Å². The third-order valence-corrected chi connectivity index (χ3v) is 2.97. The van der Waals surface area contributed by atoms with E-state index in [9.17, 15) is 13.6 Å². The molecular formula is C13H9Cl2F2N3O2. The van der Waals surface area contributed by atoms with Crippen molar-refractivity contribution < 1.29 is 18.7 Å². The second kappa shape index (κ2) is 6.87. The number of pyridine rings is 1. The van der Waals surface area contributed by atoms with Crippen molar-refractivity contribution in [3.8, 4) is 0 Å². The lowest BCUT2D eigenvalue weighted by molar-refractivity contribution is 0.261. The number of amides is 2. The second-order valence-electron chi connectivity index (χ2n) is 4.15. The van der Waals surface area contributed by atoms with Gasteiger partial charge in [0.25, 0.3) is 0 Å². The van der Waals surface area contributed by atoms with E-state index in [4.69, 9.17) is 28.3 Å². The maximum atomic E-state index is 13.5. The summed E-state index contributed by atoms with van der Waals surface area (Å²) in [4.78, 5) is 15.5. The lowest BCUT2D eigenvalue weighted by Crippen LogP contribution is -2.21. The molecule has 0 fully saturated rings. The number of benzene rings is 1. The van der Waals surface area contributed by atoms with Gasteiger partial charge in [-0.2, -0.15) is 0 Å². The average Bonchev–Trinajstić information content (AvgIpc) is 2.36. The van der Waals surface area contributed by atoms with E-state index in [1.165, 1.54) is 12.1 Å². The van der Waals surface area contributed by atoms with Crippen LogP contribution in [0.2, 0.25) is 10.3 Å². The molecular weight excluding hydrogens is 339 g/mol. The Hall–Kier alpha value is -1.96. The Morgan fingerprint density at radius 3 is 2.36 bits per heavy atom. The van der Waals surface area contributed by atoms with Crippen LogP contribution in [0.25, 0.3) is 0 Å². The monoisotopic (exact) mass is 347 g/mol. The summed E-state index contributed by atoms with van der Waals surface area (Å²) in [6.45, 7) is -0.700. The van der Waals surface area contributed by atoms with Crippen molar-refractivity contribution >= 4 is 40.6 Å². The molecule has 0 saturated carbocycles. The van der Waals surface area contributed by atoms with Crippen LogP contribution in [0.5, 0.6) is 0 Å². The summed E-state index contributed by atoms with van der Waals surface area (Å²) in [5.74, 6) is -1.85. The first kappa shape index (κ1) is 16.4. The highest BCUT2D eigenvalue weighted by molar-refractivity contribution is 6.33. The molecule has 0 aliphatic heterocycles. The molecule has 0 saturated heterocycles. The zero-order valence-electron chi connectivity index (χ0n) is 10.8. The Morgan fingerprint density at radius 2 is 1.77 bits per heavy atom. The number of urea groups is 1. The molecule has 1 aromatic carbocycles. The molecule has 0 unspecified atom stereocenters. The molecule has 1 aromatic heterocycles. The number of aliphatic hydroxyl groups is 1. The molecule has 116 valence electrons. The highest BCUT2D eigenvalue weighted by Crippen LogP contribution is 2.22. The van der Waals surface area contributed by atoms with Crippen LogP contribution >= 0.6 is 23.2 Å². The molecule has 1 heterocycles.